The van der Waals surface area contributed by atoms with E-state index in [1.807, 2.05) is 50.4 Å². The smallest absolute Gasteiger partial charge is 0.276 e. The SMILES string of the molecule is CC(C)(C)NC(=O)[C@@H](c1cccs1)N(Cc1ccc(Cl)cc1)C(=O)c1csnn1. The van der Waals surface area contributed by atoms with E-state index in [9.17, 15) is 9.59 Å². The van der Waals surface area contributed by atoms with Crippen molar-refractivity contribution in [2.45, 2.75) is 38.9 Å². The fourth-order valence-electron chi connectivity index (χ4n) is 2.78. The number of amides is 2. The van der Waals surface area contributed by atoms with Crippen molar-refractivity contribution in [3.63, 3.8) is 0 Å². The molecule has 0 saturated heterocycles. The molecule has 2 amide bonds. The third-order valence-electron chi connectivity index (χ3n) is 3.98. The van der Waals surface area contributed by atoms with E-state index in [4.69, 9.17) is 11.6 Å². The molecule has 3 rings (SSSR count). The van der Waals surface area contributed by atoms with Gasteiger partial charge in [0, 0.05) is 27.4 Å². The van der Waals surface area contributed by atoms with Crippen LogP contribution in [0, 0.1) is 0 Å². The van der Waals surface area contributed by atoms with Gasteiger partial charge in [-0.3, -0.25) is 9.59 Å². The minimum atomic E-state index is -0.792. The summed E-state index contributed by atoms with van der Waals surface area (Å²) in [4.78, 5) is 28.9. The Morgan fingerprint density at radius 2 is 1.93 bits per heavy atom. The topological polar surface area (TPSA) is 75.2 Å². The number of hydrogen-bond acceptors (Lipinski definition) is 6. The molecule has 0 aliphatic carbocycles. The molecule has 0 unspecified atom stereocenters. The van der Waals surface area contributed by atoms with Gasteiger partial charge < -0.3 is 10.2 Å². The van der Waals surface area contributed by atoms with Crippen LogP contribution in [0.25, 0.3) is 0 Å². The molecule has 6 nitrogen and oxygen atoms in total. The molecule has 0 fully saturated rings. The van der Waals surface area contributed by atoms with Crippen LogP contribution in [0.2, 0.25) is 5.02 Å². The summed E-state index contributed by atoms with van der Waals surface area (Å²) >= 11 is 8.53. The standard InChI is InChI=1S/C20H21ClN4O2S2/c1-20(2,3)22-18(26)17(16-5-4-10-28-16)25(19(27)15-12-29-24-23-15)11-13-6-8-14(21)9-7-13/h4-10,12,17H,11H2,1-3H3,(H,22,26)/t17-/m1/s1. The number of hydrogen-bond donors (Lipinski definition) is 1. The van der Waals surface area contributed by atoms with Gasteiger partial charge in [0.2, 0.25) is 5.91 Å². The molecule has 0 radical (unpaired) electrons. The van der Waals surface area contributed by atoms with Gasteiger partial charge >= 0.3 is 0 Å². The van der Waals surface area contributed by atoms with Crippen LogP contribution in [0.15, 0.2) is 47.2 Å². The highest BCUT2D eigenvalue weighted by molar-refractivity contribution is 7.10. The minimum Gasteiger partial charge on any atom is -0.349 e. The molecule has 0 saturated carbocycles. The summed E-state index contributed by atoms with van der Waals surface area (Å²) in [6.07, 6.45) is 0. The predicted molar refractivity (Wildman–Crippen MR) is 116 cm³/mol. The van der Waals surface area contributed by atoms with E-state index in [0.29, 0.717) is 5.02 Å². The van der Waals surface area contributed by atoms with Crippen molar-refractivity contribution in [2.75, 3.05) is 0 Å². The summed E-state index contributed by atoms with van der Waals surface area (Å²) in [5.41, 5.74) is 0.633. The van der Waals surface area contributed by atoms with E-state index in [1.54, 1.807) is 17.5 Å². The van der Waals surface area contributed by atoms with E-state index in [1.165, 1.54) is 16.2 Å². The van der Waals surface area contributed by atoms with Gasteiger partial charge in [-0.2, -0.15) is 0 Å². The zero-order valence-corrected chi connectivity index (χ0v) is 18.6. The molecule has 9 heteroatoms. The van der Waals surface area contributed by atoms with Crippen LogP contribution in [0.3, 0.4) is 0 Å². The molecule has 29 heavy (non-hydrogen) atoms. The van der Waals surface area contributed by atoms with Gasteiger partial charge in [-0.1, -0.05) is 34.3 Å². The molecule has 0 aliphatic rings. The van der Waals surface area contributed by atoms with Crippen molar-refractivity contribution < 1.29 is 9.59 Å². The minimum absolute atomic E-state index is 0.217. The average Bonchev–Trinajstić information content (AvgIpc) is 3.35. The highest BCUT2D eigenvalue weighted by atomic mass is 35.5. The molecule has 2 heterocycles. The Morgan fingerprint density at radius 3 is 2.48 bits per heavy atom. The lowest BCUT2D eigenvalue weighted by atomic mass is 10.1. The monoisotopic (exact) mass is 448 g/mol. The van der Waals surface area contributed by atoms with E-state index >= 15 is 0 Å². The molecule has 1 aromatic carbocycles. The van der Waals surface area contributed by atoms with Crippen LogP contribution >= 0.6 is 34.5 Å². The maximum atomic E-state index is 13.3. The Labute approximate surface area is 182 Å². The molecule has 3 aromatic rings. The van der Waals surface area contributed by atoms with Crippen molar-refractivity contribution in [1.82, 2.24) is 19.8 Å². The highest BCUT2D eigenvalue weighted by Gasteiger charge is 2.35. The number of thiophene rings is 1. The zero-order chi connectivity index (χ0) is 21.0. The maximum Gasteiger partial charge on any atom is 0.276 e. The summed E-state index contributed by atoms with van der Waals surface area (Å²) in [5, 5.41) is 11.0. The van der Waals surface area contributed by atoms with Crippen LogP contribution in [0.1, 0.15) is 47.7 Å². The van der Waals surface area contributed by atoms with E-state index in [2.05, 4.69) is 14.9 Å². The summed E-state index contributed by atoms with van der Waals surface area (Å²) in [6, 6.07) is 10.1. The Hall–Kier alpha value is -2.29. The van der Waals surface area contributed by atoms with Crippen molar-refractivity contribution >= 4 is 46.3 Å². The van der Waals surface area contributed by atoms with Gasteiger partial charge in [0.15, 0.2) is 5.69 Å². The van der Waals surface area contributed by atoms with E-state index < -0.39 is 11.6 Å². The summed E-state index contributed by atoms with van der Waals surface area (Å²) in [6.45, 7) is 5.96. The first-order chi connectivity index (χ1) is 13.7. The van der Waals surface area contributed by atoms with Gasteiger partial charge in [0.05, 0.1) is 0 Å². The Bertz CT molecular complexity index is 952. The number of carbonyl (C=O) groups is 2. The van der Waals surface area contributed by atoms with Gasteiger partial charge in [-0.15, -0.1) is 16.4 Å². The molecular weight excluding hydrogens is 428 g/mol. The number of rotatable bonds is 6. The third kappa shape index (κ3) is 5.62. The Balaban J connectivity index is 2.02. The van der Waals surface area contributed by atoms with Crippen LogP contribution in [0.5, 0.6) is 0 Å². The van der Waals surface area contributed by atoms with Crippen LogP contribution in [-0.2, 0) is 11.3 Å². The molecule has 0 bridgehead atoms. The van der Waals surface area contributed by atoms with Crippen molar-refractivity contribution in [1.29, 1.82) is 0 Å². The highest BCUT2D eigenvalue weighted by Crippen LogP contribution is 2.29. The van der Waals surface area contributed by atoms with E-state index in [-0.39, 0.29) is 24.1 Å². The second-order valence-corrected chi connectivity index (χ2v) is 9.53. The normalized spacial score (nSPS) is 12.4. The Kier molecular flexibility index (Phi) is 6.66. The lowest BCUT2D eigenvalue weighted by Gasteiger charge is -2.32. The number of aromatic nitrogens is 2. The first kappa shape index (κ1) is 21.4. The summed E-state index contributed by atoms with van der Waals surface area (Å²) in [7, 11) is 0. The maximum absolute atomic E-state index is 13.3. The predicted octanol–water partition coefficient (Wildman–Crippen LogP) is 4.55. The fourth-order valence-corrected chi connectivity index (χ4v) is 4.17. The van der Waals surface area contributed by atoms with Gasteiger partial charge in [-0.05, 0) is 61.4 Å². The third-order valence-corrected chi connectivity index (χ3v) is 5.66. The van der Waals surface area contributed by atoms with Gasteiger partial charge in [-0.25, -0.2) is 0 Å². The van der Waals surface area contributed by atoms with Crippen molar-refractivity contribution in [2.24, 2.45) is 0 Å². The summed E-state index contributed by atoms with van der Waals surface area (Å²) in [5.74, 6) is -0.596. The number of halogens is 1. The fraction of sp³-hybridized carbons (Fsp3) is 0.300. The first-order valence-corrected chi connectivity index (χ1v) is 11.0. The molecular formula is C20H21ClN4O2S2. The second kappa shape index (κ2) is 9.02. The second-order valence-electron chi connectivity index (χ2n) is 7.51. The lowest BCUT2D eigenvalue weighted by Crippen LogP contribution is -2.49. The molecule has 1 N–H and O–H groups in total. The number of nitrogens with one attached hydrogen (secondary N) is 1. The van der Waals surface area contributed by atoms with Crippen LogP contribution in [-0.4, -0.2) is 31.8 Å². The van der Waals surface area contributed by atoms with Crippen molar-refractivity contribution in [3.05, 3.63) is 68.3 Å². The number of carbonyl (C=O) groups excluding carboxylic acids is 2. The number of benzene rings is 1. The quantitative estimate of drug-likeness (QED) is 0.600. The van der Waals surface area contributed by atoms with Gasteiger partial charge in [0.1, 0.15) is 6.04 Å². The molecule has 152 valence electrons. The van der Waals surface area contributed by atoms with Gasteiger partial charge in [0.25, 0.3) is 5.91 Å². The summed E-state index contributed by atoms with van der Waals surface area (Å²) < 4.78 is 3.80. The molecule has 0 aliphatic heterocycles. The number of nitrogens with zero attached hydrogens (tertiary/aromatic N) is 3. The van der Waals surface area contributed by atoms with Crippen molar-refractivity contribution in [3.8, 4) is 0 Å². The Morgan fingerprint density at radius 1 is 1.21 bits per heavy atom. The largest absolute Gasteiger partial charge is 0.349 e. The molecule has 1 atom stereocenters. The average molecular weight is 449 g/mol. The zero-order valence-electron chi connectivity index (χ0n) is 16.3. The van der Waals surface area contributed by atoms with E-state index in [0.717, 1.165) is 22.0 Å². The molecule has 2 aromatic heterocycles. The van der Waals surface area contributed by atoms with Crippen LogP contribution in [0.4, 0.5) is 0 Å². The molecule has 0 spiro atoms. The lowest BCUT2D eigenvalue weighted by molar-refractivity contribution is -0.127. The first-order valence-electron chi connectivity index (χ1n) is 8.92. The van der Waals surface area contributed by atoms with Crippen LogP contribution < -0.4 is 5.32 Å².